The van der Waals surface area contributed by atoms with Gasteiger partial charge in [-0.1, -0.05) is 12.1 Å². The second-order valence-electron chi connectivity index (χ2n) is 5.65. The Morgan fingerprint density at radius 1 is 1.43 bits per heavy atom. The van der Waals surface area contributed by atoms with E-state index in [1.54, 1.807) is 18.4 Å². The fraction of sp³-hybridized carbons (Fsp3) is 0.375. The molecule has 1 aromatic heterocycles. The number of thiazole rings is 1. The monoisotopic (exact) mass is 304 g/mol. The van der Waals surface area contributed by atoms with Crippen molar-refractivity contribution in [3.8, 4) is 10.6 Å². The molecular weight excluding hydrogens is 284 g/mol. The summed E-state index contributed by atoms with van der Waals surface area (Å²) in [5, 5.41) is 5.91. The van der Waals surface area contributed by atoms with Gasteiger partial charge in [-0.2, -0.15) is 0 Å². The van der Waals surface area contributed by atoms with E-state index in [1.807, 2.05) is 50.4 Å². The molecule has 112 valence electrons. The van der Waals surface area contributed by atoms with Crippen LogP contribution < -0.4 is 5.32 Å². The van der Waals surface area contributed by atoms with Crippen molar-refractivity contribution in [3.05, 3.63) is 40.9 Å². The molecule has 1 N–H and O–H groups in total. The lowest BCUT2D eigenvalue weighted by atomic mass is 10.1. The van der Waals surface area contributed by atoms with E-state index in [1.165, 1.54) is 0 Å². The van der Waals surface area contributed by atoms with E-state index >= 15 is 0 Å². The molecule has 1 amide bonds. The fourth-order valence-electron chi connectivity index (χ4n) is 2.06. The topological polar surface area (TPSA) is 51.2 Å². The van der Waals surface area contributed by atoms with Gasteiger partial charge >= 0.3 is 0 Å². The first-order valence-corrected chi connectivity index (χ1v) is 7.63. The van der Waals surface area contributed by atoms with Gasteiger partial charge < -0.3 is 10.1 Å². The van der Waals surface area contributed by atoms with Crippen LogP contribution in [0.2, 0.25) is 0 Å². The lowest BCUT2D eigenvalue weighted by Gasteiger charge is -2.25. The van der Waals surface area contributed by atoms with Crippen molar-refractivity contribution < 1.29 is 9.53 Å². The third-order valence-electron chi connectivity index (χ3n) is 2.95. The minimum Gasteiger partial charge on any atom is -0.382 e. The summed E-state index contributed by atoms with van der Waals surface area (Å²) in [6.07, 6.45) is 0. The van der Waals surface area contributed by atoms with E-state index in [2.05, 4.69) is 10.3 Å². The Morgan fingerprint density at radius 2 is 2.19 bits per heavy atom. The number of nitrogens with one attached hydrogen (secondary N) is 1. The Balaban J connectivity index is 2.19. The molecule has 5 heteroatoms. The van der Waals surface area contributed by atoms with Crippen LogP contribution in [-0.2, 0) is 4.74 Å². The number of benzene rings is 1. The van der Waals surface area contributed by atoms with E-state index < -0.39 is 5.54 Å². The Labute approximate surface area is 129 Å². The second kappa shape index (κ2) is 6.37. The van der Waals surface area contributed by atoms with Crippen LogP contribution in [0.4, 0.5) is 0 Å². The average molecular weight is 304 g/mol. The van der Waals surface area contributed by atoms with E-state index in [-0.39, 0.29) is 5.91 Å². The number of nitrogens with zero attached hydrogens (tertiary/aromatic N) is 1. The molecule has 1 heterocycles. The average Bonchev–Trinajstić information content (AvgIpc) is 2.85. The van der Waals surface area contributed by atoms with E-state index in [0.29, 0.717) is 12.2 Å². The number of hydrogen-bond acceptors (Lipinski definition) is 4. The minimum atomic E-state index is -0.403. The molecule has 0 spiro atoms. The maximum absolute atomic E-state index is 12.3. The zero-order chi connectivity index (χ0) is 15.5. The lowest BCUT2D eigenvalue weighted by molar-refractivity contribution is 0.0820. The third kappa shape index (κ3) is 4.12. The summed E-state index contributed by atoms with van der Waals surface area (Å²) >= 11 is 1.58. The Bertz CT molecular complexity index is 635. The van der Waals surface area contributed by atoms with E-state index in [9.17, 15) is 4.79 Å². The van der Waals surface area contributed by atoms with Crippen molar-refractivity contribution >= 4 is 17.2 Å². The normalized spacial score (nSPS) is 11.4. The number of ether oxygens (including phenoxy) is 1. The smallest absolute Gasteiger partial charge is 0.251 e. The van der Waals surface area contributed by atoms with Crippen LogP contribution in [0.3, 0.4) is 0 Å². The summed E-state index contributed by atoms with van der Waals surface area (Å²) in [5.41, 5.74) is 2.18. The highest BCUT2D eigenvalue weighted by atomic mass is 32.1. The Hall–Kier alpha value is -1.72. The summed E-state index contributed by atoms with van der Waals surface area (Å²) in [6.45, 7) is 6.29. The van der Waals surface area contributed by atoms with Gasteiger partial charge in [0.2, 0.25) is 0 Å². The zero-order valence-electron chi connectivity index (χ0n) is 12.8. The Morgan fingerprint density at radius 3 is 2.81 bits per heavy atom. The van der Waals surface area contributed by atoms with Crippen LogP contribution in [-0.4, -0.2) is 30.1 Å². The number of aromatic nitrogens is 1. The van der Waals surface area contributed by atoms with Gasteiger partial charge in [0.1, 0.15) is 5.01 Å². The summed E-state index contributed by atoms with van der Waals surface area (Å²) < 4.78 is 5.12. The maximum atomic E-state index is 12.3. The van der Waals surface area contributed by atoms with Crippen molar-refractivity contribution in [1.82, 2.24) is 10.3 Å². The van der Waals surface area contributed by atoms with Crippen molar-refractivity contribution in [1.29, 1.82) is 0 Å². The molecule has 2 rings (SSSR count). The molecule has 0 fully saturated rings. The molecule has 0 bridgehead atoms. The van der Waals surface area contributed by atoms with Crippen LogP contribution in [0.5, 0.6) is 0 Å². The molecule has 0 atom stereocenters. The van der Waals surface area contributed by atoms with Gasteiger partial charge in [0.05, 0.1) is 12.1 Å². The molecular formula is C16H20N2O2S. The van der Waals surface area contributed by atoms with Crippen molar-refractivity contribution in [3.63, 3.8) is 0 Å². The van der Waals surface area contributed by atoms with Crippen LogP contribution >= 0.6 is 11.3 Å². The molecule has 0 aliphatic carbocycles. The number of carbonyl (C=O) groups excluding carboxylic acids is 1. The molecule has 21 heavy (non-hydrogen) atoms. The van der Waals surface area contributed by atoms with Gasteiger partial charge in [0.15, 0.2) is 0 Å². The number of rotatable bonds is 5. The summed E-state index contributed by atoms with van der Waals surface area (Å²) in [5.74, 6) is -0.104. The first kappa shape index (κ1) is 15.7. The van der Waals surface area contributed by atoms with Gasteiger partial charge in [0, 0.05) is 29.3 Å². The highest BCUT2D eigenvalue weighted by Gasteiger charge is 2.21. The first-order valence-electron chi connectivity index (χ1n) is 6.75. The maximum Gasteiger partial charge on any atom is 0.251 e. The molecule has 0 unspecified atom stereocenters. The Kier molecular flexibility index (Phi) is 4.75. The first-order chi connectivity index (χ1) is 9.91. The van der Waals surface area contributed by atoms with Crippen molar-refractivity contribution in [2.75, 3.05) is 13.7 Å². The van der Waals surface area contributed by atoms with Gasteiger partial charge in [0.25, 0.3) is 5.91 Å². The number of carbonyl (C=O) groups is 1. The molecule has 4 nitrogen and oxygen atoms in total. The van der Waals surface area contributed by atoms with Crippen molar-refractivity contribution in [2.45, 2.75) is 26.3 Å². The summed E-state index contributed by atoms with van der Waals surface area (Å²) in [4.78, 5) is 16.8. The quantitative estimate of drug-likeness (QED) is 0.922. The number of hydrogen-bond donors (Lipinski definition) is 1. The SMILES string of the molecule is COCC(C)(C)NC(=O)c1cccc(-c2nc(C)cs2)c1. The minimum absolute atomic E-state index is 0.104. The highest BCUT2D eigenvalue weighted by molar-refractivity contribution is 7.13. The van der Waals surface area contributed by atoms with E-state index in [0.717, 1.165) is 16.3 Å². The van der Waals surface area contributed by atoms with Crippen molar-refractivity contribution in [2.24, 2.45) is 0 Å². The second-order valence-corrected chi connectivity index (χ2v) is 6.50. The van der Waals surface area contributed by atoms with Crippen LogP contribution in [0, 0.1) is 6.92 Å². The number of amides is 1. The third-order valence-corrected chi connectivity index (χ3v) is 3.96. The molecule has 2 aromatic rings. The summed E-state index contributed by atoms with van der Waals surface area (Å²) in [7, 11) is 1.62. The van der Waals surface area contributed by atoms with Gasteiger partial charge in [-0.25, -0.2) is 4.98 Å². The predicted molar refractivity (Wildman–Crippen MR) is 85.7 cm³/mol. The predicted octanol–water partition coefficient (Wildman–Crippen LogP) is 3.27. The molecule has 0 saturated heterocycles. The van der Waals surface area contributed by atoms with Gasteiger partial charge in [-0.3, -0.25) is 4.79 Å². The van der Waals surface area contributed by atoms with Crippen LogP contribution in [0.1, 0.15) is 29.9 Å². The standard InChI is InChI=1S/C16H20N2O2S/c1-11-9-21-15(17-11)13-7-5-6-12(8-13)14(19)18-16(2,3)10-20-4/h5-9H,10H2,1-4H3,(H,18,19). The lowest BCUT2D eigenvalue weighted by Crippen LogP contribution is -2.46. The molecule has 0 saturated carbocycles. The molecule has 0 radical (unpaired) electrons. The van der Waals surface area contributed by atoms with Gasteiger partial charge in [-0.05, 0) is 32.9 Å². The largest absolute Gasteiger partial charge is 0.382 e. The molecule has 0 aliphatic heterocycles. The fourth-order valence-corrected chi connectivity index (χ4v) is 2.85. The molecule has 0 aliphatic rings. The molecule has 1 aromatic carbocycles. The van der Waals surface area contributed by atoms with Crippen LogP contribution in [0.25, 0.3) is 10.6 Å². The van der Waals surface area contributed by atoms with Gasteiger partial charge in [-0.15, -0.1) is 11.3 Å². The number of methoxy groups -OCH3 is 1. The summed E-state index contributed by atoms with van der Waals surface area (Å²) in [6, 6.07) is 7.53. The number of aryl methyl sites for hydroxylation is 1. The van der Waals surface area contributed by atoms with Crippen LogP contribution in [0.15, 0.2) is 29.6 Å². The highest BCUT2D eigenvalue weighted by Crippen LogP contribution is 2.24. The van der Waals surface area contributed by atoms with E-state index in [4.69, 9.17) is 4.74 Å². The zero-order valence-corrected chi connectivity index (χ0v) is 13.6.